The number of carbonyl (C=O) groups excluding carboxylic acids is 3. The van der Waals surface area contributed by atoms with Gasteiger partial charge in [-0.1, -0.05) is 92.9 Å². The number of amides is 3. The summed E-state index contributed by atoms with van der Waals surface area (Å²) in [4.78, 5) is 39.4. The van der Waals surface area contributed by atoms with E-state index in [1.165, 1.54) is 44.9 Å². The fourth-order valence-corrected chi connectivity index (χ4v) is 4.80. The van der Waals surface area contributed by atoms with Crippen LogP contribution in [0.25, 0.3) is 0 Å². The highest BCUT2D eigenvalue weighted by atomic mass is 16.2. The molecule has 38 heavy (non-hydrogen) atoms. The van der Waals surface area contributed by atoms with Crippen molar-refractivity contribution < 1.29 is 14.4 Å². The molecule has 7 heteroatoms. The van der Waals surface area contributed by atoms with Crippen LogP contribution >= 0.6 is 0 Å². The molecule has 0 bridgehead atoms. The molecule has 0 aliphatic rings. The lowest BCUT2D eigenvalue weighted by Gasteiger charge is -2.24. The number of hydrogen-bond donors (Lipinski definition) is 3. The summed E-state index contributed by atoms with van der Waals surface area (Å²) in [6.07, 6.45) is 14.6. The van der Waals surface area contributed by atoms with Crippen molar-refractivity contribution in [3.05, 3.63) is 0 Å². The molecule has 0 saturated heterocycles. The van der Waals surface area contributed by atoms with E-state index in [4.69, 9.17) is 5.73 Å². The van der Waals surface area contributed by atoms with E-state index < -0.39 is 6.04 Å². The van der Waals surface area contributed by atoms with Crippen molar-refractivity contribution in [3.8, 4) is 0 Å². The smallest absolute Gasteiger partial charge is 0.236 e. The van der Waals surface area contributed by atoms with Crippen molar-refractivity contribution in [2.45, 2.75) is 137 Å². The van der Waals surface area contributed by atoms with Crippen molar-refractivity contribution in [1.82, 2.24) is 15.5 Å². The van der Waals surface area contributed by atoms with Gasteiger partial charge in [-0.3, -0.25) is 14.4 Å². The topological polar surface area (TPSA) is 105 Å². The van der Waals surface area contributed by atoms with E-state index in [0.717, 1.165) is 25.7 Å². The van der Waals surface area contributed by atoms with E-state index >= 15 is 0 Å². The normalized spacial score (nSPS) is 13.0. The van der Waals surface area contributed by atoms with Gasteiger partial charge in [0.25, 0.3) is 0 Å². The molecule has 0 radical (unpaired) electrons. The highest BCUT2D eigenvalue weighted by molar-refractivity contribution is 5.81. The molecule has 7 nitrogen and oxygen atoms in total. The molecule has 0 aliphatic carbocycles. The molecule has 0 saturated carbocycles. The van der Waals surface area contributed by atoms with Crippen LogP contribution in [0.1, 0.15) is 131 Å². The van der Waals surface area contributed by atoms with Gasteiger partial charge in [0.2, 0.25) is 17.7 Å². The molecule has 2 atom stereocenters. The van der Waals surface area contributed by atoms with Crippen LogP contribution in [0.5, 0.6) is 0 Å². The van der Waals surface area contributed by atoms with Gasteiger partial charge >= 0.3 is 0 Å². The highest BCUT2D eigenvalue weighted by Crippen LogP contribution is 2.12. The summed E-state index contributed by atoms with van der Waals surface area (Å²) in [5.74, 6) is 1.01. The van der Waals surface area contributed by atoms with E-state index in [1.54, 1.807) is 0 Å². The predicted molar refractivity (Wildman–Crippen MR) is 160 cm³/mol. The number of hydrogen-bond acceptors (Lipinski definition) is 4. The van der Waals surface area contributed by atoms with Crippen LogP contribution in [-0.4, -0.2) is 54.8 Å². The van der Waals surface area contributed by atoms with E-state index in [-0.39, 0.29) is 23.6 Å². The van der Waals surface area contributed by atoms with Gasteiger partial charge in [0.05, 0.1) is 6.04 Å². The Bertz CT molecular complexity index is 588. The van der Waals surface area contributed by atoms with E-state index in [1.807, 2.05) is 11.8 Å². The Balaban J connectivity index is 4.51. The summed E-state index contributed by atoms with van der Waals surface area (Å²) in [6.45, 7) is 14.9. The SMILES string of the molecule is CCCCCCCCCCCC(=O)N(CCCNC(=O)[C@@H](C)CC(C)C)CCCNC(=O)[C@@H](N)CC(C)C. The standard InChI is InChI=1S/C31H62N4O3/c1-7-8-9-10-11-12-13-14-15-18-29(36)35(21-16-19-33-30(37)27(6)23-25(2)3)22-17-20-34-31(38)28(32)24-26(4)5/h25-28H,7-24,32H2,1-6H3,(H,33,37)(H,34,38)/t27-,28-/m0/s1. The third-order valence-corrected chi connectivity index (χ3v) is 6.99. The first-order valence-corrected chi connectivity index (χ1v) is 15.7. The zero-order valence-corrected chi connectivity index (χ0v) is 25.8. The summed E-state index contributed by atoms with van der Waals surface area (Å²) in [5.41, 5.74) is 5.97. The second-order valence-corrected chi connectivity index (χ2v) is 12.0. The Morgan fingerprint density at radius 1 is 0.658 bits per heavy atom. The summed E-state index contributed by atoms with van der Waals surface area (Å²) < 4.78 is 0. The van der Waals surface area contributed by atoms with Gasteiger partial charge in [-0.2, -0.15) is 0 Å². The van der Waals surface area contributed by atoms with Gasteiger partial charge < -0.3 is 21.3 Å². The maximum atomic E-state index is 13.0. The fourth-order valence-electron chi connectivity index (χ4n) is 4.80. The molecule has 4 N–H and O–H groups in total. The average Bonchev–Trinajstić information content (AvgIpc) is 2.85. The summed E-state index contributed by atoms with van der Waals surface area (Å²) in [7, 11) is 0. The molecule has 224 valence electrons. The second-order valence-electron chi connectivity index (χ2n) is 12.0. The van der Waals surface area contributed by atoms with Gasteiger partial charge in [-0.15, -0.1) is 0 Å². The lowest BCUT2D eigenvalue weighted by molar-refractivity contribution is -0.131. The number of carbonyl (C=O) groups is 3. The first kappa shape index (κ1) is 36.4. The molecule has 0 aromatic carbocycles. The number of nitrogens with two attached hydrogens (primary N) is 1. The zero-order chi connectivity index (χ0) is 28.8. The molecule has 0 heterocycles. The molecule has 0 aliphatic heterocycles. The number of nitrogens with zero attached hydrogens (tertiary/aromatic N) is 1. The maximum absolute atomic E-state index is 13.0. The summed E-state index contributed by atoms with van der Waals surface area (Å²) in [5, 5.41) is 5.95. The highest BCUT2D eigenvalue weighted by Gasteiger charge is 2.17. The molecule has 3 amide bonds. The van der Waals surface area contributed by atoms with Crippen molar-refractivity contribution in [2.75, 3.05) is 26.2 Å². The van der Waals surface area contributed by atoms with Gasteiger partial charge in [-0.05, 0) is 43.9 Å². The minimum absolute atomic E-state index is 0.00468. The first-order valence-electron chi connectivity index (χ1n) is 15.7. The predicted octanol–water partition coefficient (Wildman–Crippen LogP) is 5.80. The van der Waals surface area contributed by atoms with Crippen LogP contribution in [0.2, 0.25) is 0 Å². The molecular formula is C31H62N4O3. The molecule has 0 aromatic rings. The Morgan fingerprint density at radius 2 is 1.13 bits per heavy atom. The lowest BCUT2D eigenvalue weighted by atomic mass is 9.98. The third kappa shape index (κ3) is 20.3. The number of nitrogens with one attached hydrogen (secondary N) is 2. The van der Waals surface area contributed by atoms with Crippen molar-refractivity contribution in [1.29, 1.82) is 0 Å². The second kappa shape index (κ2) is 23.3. The Kier molecular flexibility index (Phi) is 22.3. The molecule has 0 fully saturated rings. The van der Waals surface area contributed by atoms with Gasteiger partial charge in [0.15, 0.2) is 0 Å². The minimum Gasteiger partial charge on any atom is -0.356 e. The van der Waals surface area contributed by atoms with E-state index in [2.05, 4.69) is 45.3 Å². The third-order valence-electron chi connectivity index (χ3n) is 6.99. The van der Waals surface area contributed by atoms with Crippen LogP contribution in [0.15, 0.2) is 0 Å². The Morgan fingerprint density at radius 3 is 1.63 bits per heavy atom. The molecule has 0 aromatic heterocycles. The zero-order valence-electron chi connectivity index (χ0n) is 25.8. The summed E-state index contributed by atoms with van der Waals surface area (Å²) in [6, 6.07) is -0.485. The van der Waals surface area contributed by atoms with Crippen LogP contribution in [0.3, 0.4) is 0 Å². The number of unbranched alkanes of at least 4 members (excludes halogenated alkanes) is 8. The van der Waals surface area contributed by atoms with E-state index in [0.29, 0.717) is 57.3 Å². The van der Waals surface area contributed by atoms with Crippen molar-refractivity contribution in [3.63, 3.8) is 0 Å². The minimum atomic E-state index is -0.485. The quantitative estimate of drug-likeness (QED) is 0.135. The van der Waals surface area contributed by atoms with Gasteiger partial charge in [-0.25, -0.2) is 0 Å². The largest absolute Gasteiger partial charge is 0.356 e. The molecule has 0 rings (SSSR count). The van der Waals surface area contributed by atoms with Crippen molar-refractivity contribution >= 4 is 17.7 Å². The first-order chi connectivity index (χ1) is 18.1. The van der Waals surface area contributed by atoms with Gasteiger partial charge in [0, 0.05) is 38.5 Å². The molecular weight excluding hydrogens is 476 g/mol. The van der Waals surface area contributed by atoms with Crippen LogP contribution in [0, 0.1) is 17.8 Å². The lowest BCUT2D eigenvalue weighted by Crippen LogP contribution is -2.42. The molecule has 0 unspecified atom stereocenters. The summed E-state index contributed by atoms with van der Waals surface area (Å²) >= 11 is 0. The van der Waals surface area contributed by atoms with Crippen LogP contribution in [-0.2, 0) is 14.4 Å². The Hall–Kier alpha value is -1.63. The monoisotopic (exact) mass is 538 g/mol. The average molecular weight is 539 g/mol. The number of rotatable bonds is 24. The Labute approximate surface area is 234 Å². The van der Waals surface area contributed by atoms with Crippen LogP contribution in [0.4, 0.5) is 0 Å². The van der Waals surface area contributed by atoms with Gasteiger partial charge in [0.1, 0.15) is 0 Å². The van der Waals surface area contributed by atoms with E-state index in [9.17, 15) is 14.4 Å². The van der Waals surface area contributed by atoms with Crippen molar-refractivity contribution in [2.24, 2.45) is 23.5 Å². The van der Waals surface area contributed by atoms with Crippen LogP contribution < -0.4 is 16.4 Å². The fraction of sp³-hybridized carbons (Fsp3) is 0.903. The maximum Gasteiger partial charge on any atom is 0.236 e. The molecule has 0 spiro atoms.